The van der Waals surface area contributed by atoms with Crippen LogP contribution < -0.4 is 5.73 Å². The molecule has 5 nitrogen and oxygen atoms in total. The van der Waals surface area contributed by atoms with Gasteiger partial charge in [0.25, 0.3) is 5.91 Å². The van der Waals surface area contributed by atoms with Gasteiger partial charge < -0.3 is 5.73 Å². The van der Waals surface area contributed by atoms with Crippen LogP contribution in [0.5, 0.6) is 0 Å². The lowest BCUT2D eigenvalue weighted by Crippen LogP contribution is -2.13. The first-order valence-electron chi connectivity index (χ1n) is 6.78. The lowest BCUT2D eigenvalue weighted by Gasteiger charge is -2.05. The predicted octanol–water partition coefficient (Wildman–Crippen LogP) is 2.37. The first-order chi connectivity index (χ1) is 11.1. The number of hydrogen-bond donors (Lipinski definition) is 1. The van der Waals surface area contributed by atoms with E-state index in [0.717, 1.165) is 6.07 Å². The molecule has 2 aromatic heterocycles. The molecule has 23 heavy (non-hydrogen) atoms. The number of halogens is 2. The molecule has 1 aromatic carbocycles. The summed E-state index contributed by atoms with van der Waals surface area (Å²) in [7, 11) is 0. The molecule has 0 atom stereocenters. The Bertz CT molecular complexity index is 876. The molecule has 0 radical (unpaired) electrons. The molecule has 2 N–H and O–H groups in total. The molecule has 0 spiro atoms. The maximum Gasteiger partial charge on any atom is 0.250 e. The van der Waals surface area contributed by atoms with E-state index in [9.17, 15) is 13.6 Å². The summed E-state index contributed by atoms with van der Waals surface area (Å²) in [5, 5.41) is 4.25. The average molecular weight is 314 g/mol. The van der Waals surface area contributed by atoms with E-state index in [4.69, 9.17) is 5.73 Å². The van der Waals surface area contributed by atoms with Crippen LogP contribution in [0.25, 0.3) is 11.4 Å². The van der Waals surface area contributed by atoms with Gasteiger partial charge >= 0.3 is 0 Å². The van der Waals surface area contributed by atoms with E-state index in [-0.39, 0.29) is 17.7 Å². The molecule has 3 rings (SSSR count). The number of primary amides is 1. The van der Waals surface area contributed by atoms with Crippen LogP contribution in [0, 0.1) is 11.6 Å². The van der Waals surface area contributed by atoms with Crippen molar-refractivity contribution in [3.8, 4) is 11.4 Å². The third kappa shape index (κ3) is 2.94. The van der Waals surface area contributed by atoms with Gasteiger partial charge in [0.05, 0.1) is 12.1 Å². The fraction of sp³-hybridized carbons (Fsp3) is 0.0625. The van der Waals surface area contributed by atoms with Gasteiger partial charge in [-0.25, -0.2) is 8.78 Å². The molecule has 7 heteroatoms. The van der Waals surface area contributed by atoms with Crippen LogP contribution in [0.4, 0.5) is 8.78 Å². The standard InChI is InChI=1S/C16H12F2N4O/c17-12-5-1-3-10(14(12)18)9-22-8-6-13(21-22)15-11(16(19)23)4-2-7-20-15/h1-8H,9H2,(H2,19,23). The lowest BCUT2D eigenvalue weighted by molar-refractivity contribution is 0.100. The van der Waals surface area contributed by atoms with E-state index in [1.54, 1.807) is 24.4 Å². The monoisotopic (exact) mass is 314 g/mol. The largest absolute Gasteiger partial charge is 0.366 e. The van der Waals surface area contributed by atoms with Gasteiger partial charge in [0.2, 0.25) is 0 Å². The number of hydrogen-bond acceptors (Lipinski definition) is 3. The van der Waals surface area contributed by atoms with Gasteiger partial charge in [-0.2, -0.15) is 5.10 Å². The van der Waals surface area contributed by atoms with Gasteiger partial charge in [0, 0.05) is 18.0 Å². The van der Waals surface area contributed by atoms with Crippen LogP contribution in [-0.2, 0) is 6.54 Å². The summed E-state index contributed by atoms with van der Waals surface area (Å²) >= 11 is 0. The number of aromatic nitrogens is 3. The molecule has 3 aromatic rings. The van der Waals surface area contributed by atoms with Gasteiger partial charge in [0.15, 0.2) is 11.6 Å². The van der Waals surface area contributed by atoms with Crippen molar-refractivity contribution >= 4 is 5.91 Å². The maximum absolute atomic E-state index is 13.7. The first kappa shape index (κ1) is 14.8. The molecule has 116 valence electrons. The molecule has 0 aliphatic heterocycles. The zero-order chi connectivity index (χ0) is 16.4. The van der Waals surface area contributed by atoms with E-state index >= 15 is 0 Å². The van der Waals surface area contributed by atoms with Crippen LogP contribution in [0.2, 0.25) is 0 Å². The van der Waals surface area contributed by atoms with Crippen molar-refractivity contribution in [2.45, 2.75) is 6.54 Å². The minimum absolute atomic E-state index is 0.0579. The van der Waals surface area contributed by atoms with Crippen molar-refractivity contribution in [2.75, 3.05) is 0 Å². The van der Waals surface area contributed by atoms with Crippen LogP contribution in [0.15, 0.2) is 48.8 Å². The zero-order valence-corrected chi connectivity index (χ0v) is 11.9. The Morgan fingerprint density at radius 1 is 1.17 bits per heavy atom. The quantitative estimate of drug-likeness (QED) is 0.803. The molecule has 0 aliphatic carbocycles. The van der Waals surface area contributed by atoms with Crippen molar-refractivity contribution < 1.29 is 13.6 Å². The molecular weight excluding hydrogens is 302 g/mol. The van der Waals surface area contributed by atoms with Gasteiger partial charge in [-0.05, 0) is 24.3 Å². The average Bonchev–Trinajstić information content (AvgIpc) is 3.00. The molecule has 0 aliphatic rings. The molecule has 0 saturated carbocycles. The summed E-state index contributed by atoms with van der Waals surface area (Å²) in [6.45, 7) is 0.0579. The Balaban J connectivity index is 1.93. The van der Waals surface area contributed by atoms with E-state index < -0.39 is 17.5 Å². The van der Waals surface area contributed by atoms with E-state index in [2.05, 4.69) is 10.1 Å². The maximum atomic E-state index is 13.7. The summed E-state index contributed by atoms with van der Waals surface area (Å²) < 4.78 is 28.4. The fourth-order valence-corrected chi connectivity index (χ4v) is 2.23. The fourth-order valence-electron chi connectivity index (χ4n) is 2.23. The number of nitrogens with two attached hydrogens (primary N) is 1. The molecule has 0 saturated heterocycles. The summed E-state index contributed by atoms with van der Waals surface area (Å²) in [5.41, 5.74) is 6.51. The minimum atomic E-state index is -0.907. The van der Waals surface area contributed by atoms with Crippen molar-refractivity contribution in [2.24, 2.45) is 5.73 Å². The second kappa shape index (κ2) is 5.96. The van der Waals surface area contributed by atoms with Crippen molar-refractivity contribution in [1.82, 2.24) is 14.8 Å². The number of pyridine rings is 1. The highest BCUT2D eigenvalue weighted by Crippen LogP contribution is 2.19. The van der Waals surface area contributed by atoms with Crippen molar-refractivity contribution in [3.63, 3.8) is 0 Å². The Hall–Kier alpha value is -3.09. The van der Waals surface area contributed by atoms with Gasteiger partial charge in [-0.1, -0.05) is 12.1 Å². The Morgan fingerprint density at radius 2 is 2.00 bits per heavy atom. The number of nitrogens with zero attached hydrogens (tertiary/aromatic N) is 3. The smallest absolute Gasteiger partial charge is 0.250 e. The first-order valence-corrected chi connectivity index (χ1v) is 6.78. The van der Waals surface area contributed by atoms with Crippen molar-refractivity contribution in [1.29, 1.82) is 0 Å². The van der Waals surface area contributed by atoms with E-state index in [1.165, 1.54) is 23.0 Å². The molecule has 0 fully saturated rings. The molecule has 2 heterocycles. The number of amides is 1. The van der Waals surface area contributed by atoms with Crippen LogP contribution in [-0.4, -0.2) is 20.7 Å². The van der Waals surface area contributed by atoms with Gasteiger partial charge in [-0.3, -0.25) is 14.5 Å². The molecule has 1 amide bonds. The number of benzene rings is 1. The summed E-state index contributed by atoms with van der Waals surface area (Å²) in [6, 6.07) is 8.75. The van der Waals surface area contributed by atoms with Gasteiger partial charge in [-0.15, -0.1) is 0 Å². The summed E-state index contributed by atoms with van der Waals surface area (Å²) in [5.74, 6) is -2.42. The summed E-state index contributed by atoms with van der Waals surface area (Å²) in [4.78, 5) is 15.5. The topological polar surface area (TPSA) is 73.8 Å². The van der Waals surface area contributed by atoms with E-state index in [0.29, 0.717) is 11.4 Å². The Labute approximate surface area is 130 Å². The van der Waals surface area contributed by atoms with Crippen LogP contribution >= 0.6 is 0 Å². The third-order valence-corrected chi connectivity index (χ3v) is 3.32. The highest BCUT2D eigenvalue weighted by atomic mass is 19.2. The number of carbonyl (C=O) groups excluding carboxylic acids is 1. The summed E-state index contributed by atoms with van der Waals surface area (Å²) in [6.07, 6.45) is 3.12. The Kier molecular flexibility index (Phi) is 3.84. The van der Waals surface area contributed by atoms with Crippen molar-refractivity contribution in [3.05, 3.63) is 71.6 Å². The molecule has 0 bridgehead atoms. The normalized spacial score (nSPS) is 10.7. The highest BCUT2D eigenvalue weighted by molar-refractivity contribution is 5.98. The number of carbonyl (C=O) groups is 1. The van der Waals surface area contributed by atoms with E-state index in [1.807, 2.05) is 0 Å². The molecular formula is C16H12F2N4O. The van der Waals surface area contributed by atoms with Crippen LogP contribution in [0.3, 0.4) is 0 Å². The second-order valence-electron chi connectivity index (χ2n) is 4.88. The highest BCUT2D eigenvalue weighted by Gasteiger charge is 2.14. The lowest BCUT2D eigenvalue weighted by atomic mass is 10.1. The molecule has 0 unspecified atom stereocenters. The third-order valence-electron chi connectivity index (χ3n) is 3.32. The van der Waals surface area contributed by atoms with Gasteiger partial charge in [0.1, 0.15) is 11.4 Å². The van der Waals surface area contributed by atoms with Crippen LogP contribution in [0.1, 0.15) is 15.9 Å². The zero-order valence-electron chi connectivity index (χ0n) is 11.9. The minimum Gasteiger partial charge on any atom is -0.366 e. The number of rotatable bonds is 4. The Morgan fingerprint density at radius 3 is 2.78 bits per heavy atom. The second-order valence-corrected chi connectivity index (χ2v) is 4.88. The SMILES string of the molecule is NC(=O)c1cccnc1-c1ccn(Cc2cccc(F)c2F)n1. The predicted molar refractivity (Wildman–Crippen MR) is 79.4 cm³/mol.